The Morgan fingerprint density at radius 1 is 1.35 bits per heavy atom. The van der Waals surface area contributed by atoms with Gasteiger partial charge in [0, 0.05) is 10.9 Å². The number of halogens is 1. The molecule has 1 aromatic rings. The Bertz CT molecular complexity index is 336. The first-order valence-electron chi connectivity index (χ1n) is 6.13. The normalized spacial score (nSPS) is 15.5. The summed E-state index contributed by atoms with van der Waals surface area (Å²) in [5.74, 6) is 0.720. The van der Waals surface area contributed by atoms with E-state index >= 15 is 0 Å². The Labute approximate surface area is 114 Å². The number of hydrogen-bond acceptors (Lipinski definition) is 3. The van der Waals surface area contributed by atoms with Gasteiger partial charge in [0.05, 0.1) is 10.4 Å². The molecule has 0 bridgehead atoms. The molecule has 2 unspecified atom stereocenters. The van der Waals surface area contributed by atoms with Crippen molar-refractivity contribution in [3.8, 4) is 0 Å². The lowest BCUT2D eigenvalue weighted by atomic mass is 10.1. The average Bonchev–Trinajstić information content (AvgIpc) is 2.61. The standard InChI is InChI=1S/C13H23ClN2S/c1-9(2)7-8-16(4)13(10(3)15)11-5-6-12(14)17-11/h5-6,9-10,13H,7-8,15H2,1-4H3. The molecule has 1 aromatic heterocycles. The highest BCUT2D eigenvalue weighted by molar-refractivity contribution is 7.16. The minimum Gasteiger partial charge on any atom is -0.326 e. The van der Waals surface area contributed by atoms with Gasteiger partial charge in [-0.05, 0) is 45.0 Å². The third kappa shape index (κ3) is 4.59. The Morgan fingerprint density at radius 2 is 2.00 bits per heavy atom. The smallest absolute Gasteiger partial charge is 0.0931 e. The van der Waals surface area contributed by atoms with Crippen molar-refractivity contribution in [2.75, 3.05) is 13.6 Å². The molecule has 0 fully saturated rings. The predicted molar refractivity (Wildman–Crippen MR) is 77.8 cm³/mol. The first-order valence-corrected chi connectivity index (χ1v) is 7.32. The highest BCUT2D eigenvalue weighted by atomic mass is 35.5. The molecule has 2 N–H and O–H groups in total. The fourth-order valence-electron chi connectivity index (χ4n) is 1.97. The maximum absolute atomic E-state index is 6.11. The summed E-state index contributed by atoms with van der Waals surface area (Å²) >= 11 is 7.63. The van der Waals surface area contributed by atoms with Crippen LogP contribution < -0.4 is 5.73 Å². The van der Waals surface area contributed by atoms with Crippen molar-refractivity contribution in [2.45, 2.75) is 39.3 Å². The Kier molecular flexibility index (Phi) is 5.93. The van der Waals surface area contributed by atoms with Gasteiger partial charge in [0.2, 0.25) is 0 Å². The first kappa shape index (κ1) is 15.0. The minimum atomic E-state index is 0.113. The predicted octanol–water partition coefficient (Wildman–Crippen LogP) is 3.77. The van der Waals surface area contributed by atoms with Crippen LogP contribution in [0.1, 0.15) is 38.1 Å². The van der Waals surface area contributed by atoms with Crippen LogP contribution in [0.4, 0.5) is 0 Å². The number of thiophene rings is 1. The molecular formula is C13H23ClN2S. The van der Waals surface area contributed by atoms with Crippen LogP contribution in [0.2, 0.25) is 4.34 Å². The maximum Gasteiger partial charge on any atom is 0.0931 e. The van der Waals surface area contributed by atoms with E-state index in [1.165, 1.54) is 11.3 Å². The quantitative estimate of drug-likeness (QED) is 0.856. The summed E-state index contributed by atoms with van der Waals surface area (Å²) in [6.07, 6.45) is 1.19. The highest BCUT2D eigenvalue weighted by Gasteiger charge is 2.22. The summed E-state index contributed by atoms with van der Waals surface area (Å²) in [6, 6.07) is 4.42. The van der Waals surface area contributed by atoms with E-state index in [1.807, 2.05) is 6.07 Å². The largest absolute Gasteiger partial charge is 0.326 e. The van der Waals surface area contributed by atoms with E-state index in [1.54, 1.807) is 11.3 Å². The number of hydrogen-bond donors (Lipinski definition) is 1. The molecule has 17 heavy (non-hydrogen) atoms. The van der Waals surface area contributed by atoms with Crippen molar-refractivity contribution >= 4 is 22.9 Å². The Morgan fingerprint density at radius 3 is 2.41 bits per heavy atom. The van der Waals surface area contributed by atoms with E-state index in [9.17, 15) is 0 Å². The molecule has 0 saturated heterocycles. The Hall–Kier alpha value is -0.0900. The van der Waals surface area contributed by atoms with Crippen LogP contribution >= 0.6 is 22.9 Å². The zero-order chi connectivity index (χ0) is 13.0. The first-order chi connectivity index (χ1) is 7.91. The van der Waals surface area contributed by atoms with Gasteiger partial charge in [-0.1, -0.05) is 25.4 Å². The molecule has 1 heterocycles. The van der Waals surface area contributed by atoms with Crippen molar-refractivity contribution in [3.05, 3.63) is 21.3 Å². The lowest BCUT2D eigenvalue weighted by Gasteiger charge is -2.30. The number of rotatable bonds is 6. The van der Waals surface area contributed by atoms with Gasteiger partial charge in [0.15, 0.2) is 0 Å². The van der Waals surface area contributed by atoms with Crippen LogP contribution in [-0.2, 0) is 0 Å². The zero-order valence-electron chi connectivity index (χ0n) is 11.1. The second-order valence-corrected chi connectivity index (χ2v) is 6.86. The SMILES string of the molecule is CC(C)CCN(C)C(c1ccc(Cl)s1)C(C)N. The number of nitrogens with zero attached hydrogens (tertiary/aromatic N) is 1. The summed E-state index contributed by atoms with van der Waals surface area (Å²) in [7, 11) is 2.14. The second kappa shape index (κ2) is 6.74. The Balaban J connectivity index is 2.72. The van der Waals surface area contributed by atoms with E-state index in [0.717, 1.165) is 16.8 Å². The summed E-state index contributed by atoms with van der Waals surface area (Å²) in [4.78, 5) is 3.60. The van der Waals surface area contributed by atoms with Gasteiger partial charge >= 0.3 is 0 Å². The lowest BCUT2D eigenvalue weighted by Crippen LogP contribution is -2.37. The molecule has 0 spiro atoms. The van der Waals surface area contributed by atoms with Crippen molar-refractivity contribution in [1.82, 2.24) is 4.90 Å². The minimum absolute atomic E-state index is 0.113. The topological polar surface area (TPSA) is 29.3 Å². The molecule has 0 aliphatic heterocycles. The van der Waals surface area contributed by atoms with Crippen LogP contribution in [0.5, 0.6) is 0 Å². The van der Waals surface area contributed by atoms with Crippen molar-refractivity contribution in [3.63, 3.8) is 0 Å². The molecule has 0 aromatic carbocycles. The molecule has 1 rings (SSSR count). The fraction of sp³-hybridized carbons (Fsp3) is 0.692. The van der Waals surface area contributed by atoms with Crippen LogP contribution in [0.15, 0.2) is 12.1 Å². The molecule has 2 atom stereocenters. The molecule has 2 nitrogen and oxygen atoms in total. The zero-order valence-corrected chi connectivity index (χ0v) is 12.7. The van der Waals surface area contributed by atoms with Crippen LogP contribution in [0.3, 0.4) is 0 Å². The van der Waals surface area contributed by atoms with E-state index < -0.39 is 0 Å². The number of nitrogens with two attached hydrogens (primary N) is 1. The van der Waals surface area contributed by atoms with E-state index in [-0.39, 0.29) is 12.1 Å². The van der Waals surface area contributed by atoms with E-state index in [2.05, 4.69) is 38.8 Å². The average molecular weight is 275 g/mol. The third-order valence-electron chi connectivity index (χ3n) is 2.92. The van der Waals surface area contributed by atoms with Crippen molar-refractivity contribution in [2.24, 2.45) is 11.7 Å². The molecule has 98 valence electrons. The molecule has 0 aliphatic rings. The van der Waals surface area contributed by atoms with Crippen molar-refractivity contribution < 1.29 is 0 Å². The molecule has 4 heteroatoms. The van der Waals surface area contributed by atoms with Crippen LogP contribution in [0.25, 0.3) is 0 Å². The van der Waals surface area contributed by atoms with Gasteiger partial charge in [-0.15, -0.1) is 11.3 Å². The highest BCUT2D eigenvalue weighted by Crippen LogP contribution is 2.31. The molecule has 0 amide bonds. The van der Waals surface area contributed by atoms with E-state index in [4.69, 9.17) is 17.3 Å². The maximum atomic E-state index is 6.11. The summed E-state index contributed by atoms with van der Waals surface area (Å²) in [6.45, 7) is 7.62. The van der Waals surface area contributed by atoms with Crippen molar-refractivity contribution in [1.29, 1.82) is 0 Å². The fourth-order valence-corrected chi connectivity index (χ4v) is 3.31. The third-order valence-corrected chi connectivity index (χ3v) is 4.22. The van der Waals surface area contributed by atoms with Gasteiger partial charge in [0.1, 0.15) is 0 Å². The summed E-state index contributed by atoms with van der Waals surface area (Å²) in [5.41, 5.74) is 6.11. The molecule has 0 saturated carbocycles. The van der Waals surface area contributed by atoms with Gasteiger partial charge in [-0.2, -0.15) is 0 Å². The second-order valence-electron chi connectivity index (χ2n) is 5.11. The van der Waals surface area contributed by atoms with Gasteiger partial charge in [-0.25, -0.2) is 0 Å². The summed E-state index contributed by atoms with van der Waals surface area (Å²) in [5, 5.41) is 0. The monoisotopic (exact) mass is 274 g/mol. The number of likely N-dealkylation sites (N-methyl/N-ethyl adjacent to an activating group) is 1. The van der Waals surface area contributed by atoms with Crippen LogP contribution in [-0.4, -0.2) is 24.5 Å². The van der Waals surface area contributed by atoms with Crippen LogP contribution in [0, 0.1) is 5.92 Å². The summed E-state index contributed by atoms with van der Waals surface area (Å²) < 4.78 is 0.836. The van der Waals surface area contributed by atoms with Gasteiger partial charge in [-0.3, -0.25) is 4.90 Å². The molecular weight excluding hydrogens is 252 g/mol. The van der Waals surface area contributed by atoms with Gasteiger partial charge < -0.3 is 5.73 Å². The van der Waals surface area contributed by atoms with Gasteiger partial charge in [0.25, 0.3) is 0 Å². The lowest BCUT2D eigenvalue weighted by molar-refractivity contribution is 0.211. The van der Waals surface area contributed by atoms with E-state index in [0.29, 0.717) is 0 Å². The molecule has 0 aliphatic carbocycles. The molecule has 0 radical (unpaired) electrons.